The first-order chi connectivity index (χ1) is 6.02. The highest BCUT2D eigenvalue weighted by molar-refractivity contribution is 9.13. The van der Waals surface area contributed by atoms with Crippen molar-refractivity contribution in [3.05, 3.63) is 12.3 Å². The van der Waals surface area contributed by atoms with Gasteiger partial charge >= 0.3 is 5.97 Å². The average Bonchev–Trinajstić information content (AvgIpc) is 2.28. The number of hydrogen-bond acceptors (Lipinski definition) is 2. The Morgan fingerprint density at radius 2 is 2.31 bits per heavy atom. The summed E-state index contributed by atoms with van der Waals surface area (Å²) in [5.41, 5.74) is 0. The van der Waals surface area contributed by atoms with Gasteiger partial charge in [-0.05, 0) is 6.42 Å². The Balaban J connectivity index is 2.75. The topological polar surface area (TPSA) is 26.3 Å². The van der Waals surface area contributed by atoms with Gasteiger partial charge in [0, 0.05) is 0 Å². The van der Waals surface area contributed by atoms with Crippen LogP contribution in [0, 0.1) is 0 Å². The van der Waals surface area contributed by atoms with E-state index >= 15 is 0 Å². The molecule has 0 spiro atoms. The van der Waals surface area contributed by atoms with Crippen molar-refractivity contribution in [2.24, 2.45) is 0 Å². The smallest absolute Gasteiger partial charge is 0.326 e. The third-order valence-electron chi connectivity index (χ3n) is 2.19. The first kappa shape index (κ1) is 11.2. The molecule has 0 aromatic carbocycles. The molecule has 13 heavy (non-hydrogen) atoms. The normalized spacial score (nSPS) is 33.6. The number of ether oxygens (including phenoxy) is 1. The predicted molar refractivity (Wildman–Crippen MR) is 59.1 cm³/mol. The minimum Gasteiger partial charge on any atom is -0.429 e. The van der Waals surface area contributed by atoms with Crippen molar-refractivity contribution in [3.63, 3.8) is 0 Å². The molecule has 0 bridgehead atoms. The molecule has 4 heteroatoms. The summed E-state index contributed by atoms with van der Waals surface area (Å²) in [5.74, 6) is 0.269. The standard InChI is InChI=1S/C9H12Br2O2/c1-3-4-5-9(11)6(2)13-8(12)7(9)10/h7H,2-5H2,1H3/t7-,9+/m0/s1. The first-order valence-corrected chi connectivity index (χ1v) is 5.97. The number of halogens is 2. The third kappa shape index (κ3) is 1.99. The summed E-state index contributed by atoms with van der Waals surface area (Å²) >= 11 is 6.84. The Morgan fingerprint density at radius 1 is 1.69 bits per heavy atom. The Morgan fingerprint density at radius 3 is 2.69 bits per heavy atom. The van der Waals surface area contributed by atoms with Gasteiger partial charge in [0.1, 0.15) is 14.9 Å². The van der Waals surface area contributed by atoms with Gasteiger partial charge in [0.25, 0.3) is 0 Å². The number of carbonyl (C=O) groups is 1. The molecule has 0 amide bonds. The van der Waals surface area contributed by atoms with Gasteiger partial charge in [-0.15, -0.1) is 0 Å². The zero-order valence-corrected chi connectivity index (χ0v) is 10.7. The molecule has 1 aliphatic heterocycles. The number of alkyl halides is 2. The van der Waals surface area contributed by atoms with Crippen molar-refractivity contribution in [2.75, 3.05) is 0 Å². The Kier molecular flexibility index (Phi) is 3.57. The number of hydrogen-bond donors (Lipinski definition) is 0. The third-order valence-corrected chi connectivity index (χ3v) is 5.26. The van der Waals surface area contributed by atoms with Gasteiger partial charge in [0.2, 0.25) is 0 Å². The van der Waals surface area contributed by atoms with Crippen LogP contribution in [-0.4, -0.2) is 15.1 Å². The van der Waals surface area contributed by atoms with E-state index in [0.29, 0.717) is 5.76 Å². The van der Waals surface area contributed by atoms with Gasteiger partial charge in [-0.2, -0.15) is 0 Å². The molecule has 1 aliphatic rings. The largest absolute Gasteiger partial charge is 0.429 e. The summed E-state index contributed by atoms with van der Waals surface area (Å²) in [5, 5.41) is 0. The van der Waals surface area contributed by atoms with Crippen molar-refractivity contribution in [1.82, 2.24) is 0 Å². The molecule has 1 fully saturated rings. The summed E-state index contributed by atoms with van der Waals surface area (Å²) in [7, 11) is 0. The van der Waals surface area contributed by atoms with Crippen LogP contribution in [0.15, 0.2) is 12.3 Å². The molecular weight excluding hydrogens is 300 g/mol. The minimum absolute atomic E-state index is 0.252. The van der Waals surface area contributed by atoms with Gasteiger partial charge in [-0.3, -0.25) is 4.79 Å². The van der Waals surface area contributed by atoms with E-state index in [1.165, 1.54) is 0 Å². The number of rotatable bonds is 3. The van der Waals surface area contributed by atoms with Crippen molar-refractivity contribution in [2.45, 2.75) is 35.3 Å². The zero-order chi connectivity index (χ0) is 10.1. The van der Waals surface area contributed by atoms with E-state index in [2.05, 4.69) is 45.4 Å². The Bertz CT molecular complexity index is 240. The lowest BCUT2D eigenvalue weighted by atomic mass is 9.99. The molecule has 0 unspecified atom stereocenters. The molecule has 1 heterocycles. The predicted octanol–water partition coefficient (Wildman–Crippen LogP) is 3.14. The monoisotopic (exact) mass is 310 g/mol. The average molecular weight is 312 g/mol. The second-order valence-corrected chi connectivity index (χ2v) is 5.50. The van der Waals surface area contributed by atoms with Gasteiger partial charge < -0.3 is 4.74 Å². The zero-order valence-electron chi connectivity index (χ0n) is 7.48. The Hall–Kier alpha value is 0.170. The van der Waals surface area contributed by atoms with E-state index in [4.69, 9.17) is 4.74 Å². The van der Waals surface area contributed by atoms with Crippen LogP contribution >= 0.6 is 31.9 Å². The van der Waals surface area contributed by atoms with Crippen LogP contribution in [0.5, 0.6) is 0 Å². The molecule has 1 rings (SSSR count). The molecule has 0 N–H and O–H groups in total. The number of cyclic esters (lactones) is 1. The molecule has 0 aromatic rings. The molecule has 1 saturated heterocycles. The fourth-order valence-corrected chi connectivity index (χ4v) is 2.41. The second-order valence-electron chi connectivity index (χ2n) is 3.17. The lowest BCUT2D eigenvalue weighted by Crippen LogP contribution is -2.30. The van der Waals surface area contributed by atoms with Crippen LogP contribution in [0.2, 0.25) is 0 Å². The van der Waals surface area contributed by atoms with Crippen LogP contribution in [0.4, 0.5) is 0 Å². The van der Waals surface area contributed by atoms with Crippen LogP contribution in [0.1, 0.15) is 26.2 Å². The van der Waals surface area contributed by atoms with Gasteiger partial charge in [0.05, 0.1) is 0 Å². The van der Waals surface area contributed by atoms with Crippen molar-refractivity contribution in [1.29, 1.82) is 0 Å². The Labute approximate surface area is 95.0 Å². The molecule has 2 atom stereocenters. The quantitative estimate of drug-likeness (QED) is 0.591. The van der Waals surface area contributed by atoms with Gasteiger partial charge in [0.15, 0.2) is 0 Å². The van der Waals surface area contributed by atoms with E-state index in [0.717, 1.165) is 19.3 Å². The molecule has 0 radical (unpaired) electrons. The molecular formula is C9H12Br2O2. The van der Waals surface area contributed by atoms with E-state index in [-0.39, 0.29) is 10.8 Å². The lowest BCUT2D eigenvalue weighted by Gasteiger charge is -2.21. The van der Waals surface area contributed by atoms with Crippen LogP contribution in [0.3, 0.4) is 0 Å². The lowest BCUT2D eigenvalue weighted by molar-refractivity contribution is -0.134. The SMILES string of the molecule is C=C1OC(=O)[C@H](Br)[C@@]1(Br)CCCC. The van der Waals surface area contributed by atoms with Gasteiger partial charge in [-0.1, -0.05) is 58.2 Å². The van der Waals surface area contributed by atoms with E-state index in [1.54, 1.807) is 0 Å². The van der Waals surface area contributed by atoms with Crippen molar-refractivity contribution >= 4 is 37.8 Å². The highest BCUT2D eigenvalue weighted by Crippen LogP contribution is 2.45. The number of unbranched alkanes of at least 4 members (excludes halogenated alkanes) is 1. The van der Waals surface area contributed by atoms with E-state index in [1.807, 2.05) is 0 Å². The molecule has 2 nitrogen and oxygen atoms in total. The second kappa shape index (κ2) is 4.13. The molecule has 0 aromatic heterocycles. The maximum absolute atomic E-state index is 11.2. The highest BCUT2D eigenvalue weighted by atomic mass is 79.9. The fraction of sp³-hybridized carbons (Fsp3) is 0.667. The van der Waals surface area contributed by atoms with Crippen molar-refractivity contribution in [3.8, 4) is 0 Å². The number of carbonyl (C=O) groups excluding carboxylic acids is 1. The van der Waals surface area contributed by atoms with Crippen LogP contribution in [0.25, 0.3) is 0 Å². The van der Waals surface area contributed by atoms with Crippen LogP contribution in [-0.2, 0) is 9.53 Å². The van der Waals surface area contributed by atoms with Crippen molar-refractivity contribution < 1.29 is 9.53 Å². The molecule has 0 saturated carbocycles. The summed E-state index contributed by atoms with van der Waals surface area (Å²) in [4.78, 5) is 10.9. The first-order valence-electron chi connectivity index (χ1n) is 4.26. The number of esters is 1. The van der Waals surface area contributed by atoms with Gasteiger partial charge in [-0.25, -0.2) is 0 Å². The summed E-state index contributed by atoms with van der Waals surface area (Å²) < 4.78 is 4.56. The molecule has 0 aliphatic carbocycles. The minimum atomic E-state index is -0.403. The summed E-state index contributed by atoms with van der Waals surface area (Å²) in [6, 6.07) is 0. The maximum Gasteiger partial charge on any atom is 0.326 e. The van der Waals surface area contributed by atoms with E-state index < -0.39 is 4.32 Å². The maximum atomic E-state index is 11.2. The summed E-state index contributed by atoms with van der Waals surface area (Å²) in [6.07, 6.45) is 3.00. The highest BCUT2D eigenvalue weighted by Gasteiger charge is 2.50. The van der Waals surface area contributed by atoms with E-state index in [9.17, 15) is 4.79 Å². The fourth-order valence-electron chi connectivity index (χ4n) is 1.29. The number of allylic oxidation sites excluding steroid dienone is 1. The summed E-state index contributed by atoms with van der Waals surface area (Å²) in [6.45, 7) is 5.85. The van der Waals surface area contributed by atoms with Crippen LogP contribution < -0.4 is 0 Å². The molecule has 74 valence electrons.